The van der Waals surface area contributed by atoms with Crippen LogP contribution in [0.2, 0.25) is 0 Å². The van der Waals surface area contributed by atoms with E-state index in [-0.39, 0.29) is 31.0 Å². The number of nitriles is 1. The van der Waals surface area contributed by atoms with Gasteiger partial charge in [-0.2, -0.15) is 18.4 Å². The van der Waals surface area contributed by atoms with Gasteiger partial charge in [-0.15, -0.1) is 0 Å². The summed E-state index contributed by atoms with van der Waals surface area (Å²) in [6.07, 6.45) is -4.89. The quantitative estimate of drug-likeness (QED) is 0.613. The predicted octanol–water partition coefficient (Wildman–Crippen LogP) is 3.22. The second kappa shape index (κ2) is 8.14. The summed E-state index contributed by atoms with van der Waals surface area (Å²) < 4.78 is 44.5. The number of alkyl halides is 3. The number of nitrogens with zero attached hydrogens (tertiary/aromatic N) is 3. The summed E-state index contributed by atoms with van der Waals surface area (Å²) in [5.74, 6) is -0.706. The van der Waals surface area contributed by atoms with Crippen molar-refractivity contribution in [1.82, 2.24) is 9.55 Å². The van der Waals surface area contributed by atoms with Crippen LogP contribution in [0.4, 0.5) is 13.2 Å². The third-order valence-corrected chi connectivity index (χ3v) is 4.13. The lowest BCUT2D eigenvalue weighted by Crippen LogP contribution is -2.26. The summed E-state index contributed by atoms with van der Waals surface area (Å²) in [7, 11) is 0. The molecule has 0 fully saturated rings. The molecule has 9 heteroatoms. The van der Waals surface area contributed by atoms with Crippen molar-refractivity contribution >= 4 is 16.9 Å². The minimum Gasteiger partial charge on any atom is -0.457 e. The van der Waals surface area contributed by atoms with Crippen molar-refractivity contribution < 1.29 is 22.7 Å². The minimum absolute atomic E-state index is 0.0765. The highest BCUT2D eigenvalue weighted by atomic mass is 19.4. The molecule has 0 amide bonds. The Morgan fingerprint density at radius 3 is 2.66 bits per heavy atom. The van der Waals surface area contributed by atoms with E-state index in [1.165, 1.54) is 12.1 Å². The monoisotopic (exact) mass is 401 g/mol. The van der Waals surface area contributed by atoms with Crippen molar-refractivity contribution in [3.05, 3.63) is 75.8 Å². The Kier molecular flexibility index (Phi) is 5.64. The van der Waals surface area contributed by atoms with Crippen molar-refractivity contribution in [3.63, 3.8) is 0 Å². The Hall–Kier alpha value is -3.67. The zero-order valence-electron chi connectivity index (χ0n) is 14.9. The van der Waals surface area contributed by atoms with Crippen LogP contribution in [0, 0.1) is 11.3 Å². The molecule has 29 heavy (non-hydrogen) atoms. The molecule has 6 nitrogen and oxygen atoms in total. The van der Waals surface area contributed by atoms with Gasteiger partial charge in [0.2, 0.25) is 0 Å². The smallest absolute Gasteiger partial charge is 0.416 e. The standard InChI is InChI=1S/C20H14F3N3O3/c21-20(22,23)14-5-3-4-13(10-14)11-18(27)29-12-17-25-16-7-2-1-6-15(16)19(28)26(17)9-8-24/h1-7,10H,9,11-12H2. The number of hydrogen-bond acceptors (Lipinski definition) is 5. The number of carbonyl (C=O) groups excluding carboxylic acids is 1. The fourth-order valence-corrected chi connectivity index (χ4v) is 2.78. The summed E-state index contributed by atoms with van der Waals surface area (Å²) in [5, 5.41) is 9.29. The van der Waals surface area contributed by atoms with Crippen LogP contribution in [0.5, 0.6) is 0 Å². The Morgan fingerprint density at radius 1 is 1.17 bits per heavy atom. The summed E-state index contributed by atoms with van der Waals surface area (Å²) in [5.41, 5.74) is -0.774. The lowest BCUT2D eigenvalue weighted by molar-refractivity contribution is -0.144. The summed E-state index contributed by atoms with van der Waals surface area (Å²) in [6.45, 7) is -0.670. The van der Waals surface area contributed by atoms with Gasteiger partial charge in [-0.25, -0.2) is 4.98 Å². The maximum absolute atomic E-state index is 12.8. The molecule has 0 N–H and O–H groups in total. The highest BCUT2D eigenvalue weighted by molar-refractivity contribution is 5.77. The number of esters is 1. The SMILES string of the molecule is N#CCn1c(COC(=O)Cc2cccc(C(F)(F)F)c2)nc2ccccc2c1=O. The van der Waals surface area contributed by atoms with Gasteiger partial charge in [-0.05, 0) is 23.8 Å². The molecule has 0 aliphatic rings. The average Bonchev–Trinajstić information content (AvgIpc) is 2.68. The summed E-state index contributed by atoms with van der Waals surface area (Å²) in [4.78, 5) is 28.9. The fourth-order valence-electron chi connectivity index (χ4n) is 2.78. The van der Waals surface area contributed by atoms with Crippen molar-refractivity contribution in [2.75, 3.05) is 0 Å². The molecule has 3 aromatic rings. The van der Waals surface area contributed by atoms with E-state index >= 15 is 0 Å². The molecule has 0 bridgehead atoms. The third-order valence-electron chi connectivity index (χ3n) is 4.13. The first-order valence-corrected chi connectivity index (χ1v) is 8.47. The lowest BCUT2D eigenvalue weighted by atomic mass is 10.1. The van der Waals surface area contributed by atoms with Crippen LogP contribution < -0.4 is 5.56 Å². The van der Waals surface area contributed by atoms with E-state index in [4.69, 9.17) is 10.00 Å². The highest BCUT2D eigenvalue weighted by Gasteiger charge is 2.30. The van der Waals surface area contributed by atoms with Crippen molar-refractivity contribution in [2.45, 2.75) is 25.7 Å². The molecule has 0 aliphatic heterocycles. The molecule has 3 rings (SSSR count). The maximum Gasteiger partial charge on any atom is 0.416 e. The first kappa shape index (κ1) is 20.1. The minimum atomic E-state index is -4.51. The number of carbonyl (C=O) groups is 1. The van der Waals surface area contributed by atoms with Crippen molar-refractivity contribution in [1.29, 1.82) is 5.26 Å². The van der Waals surface area contributed by atoms with Crippen LogP contribution in [0.3, 0.4) is 0 Å². The average molecular weight is 401 g/mol. The second-order valence-corrected chi connectivity index (χ2v) is 6.13. The molecule has 1 aromatic heterocycles. The molecule has 0 unspecified atom stereocenters. The fraction of sp³-hybridized carbons (Fsp3) is 0.200. The molecule has 0 atom stereocenters. The number of aromatic nitrogens is 2. The van der Waals surface area contributed by atoms with Crippen LogP contribution in [0.1, 0.15) is 17.0 Å². The number of ether oxygens (including phenoxy) is 1. The Labute approximate surface area is 162 Å². The van der Waals surface area contributed by atoms with Crippen molar-refractivity contribution in [2.24, 2.45) is 0 Å². The molecule has 1 heterocycles. The van der Waals surface area contributed by atoms with Gasteiger partial charge in [0.25, 0.3) is 5.56 Å². The second-order valence-electron chi connectivity index (χ2n) is 6.13. The molecule has 0 aliphatic carbocycles. The molecule has 148 valence electrons. The Morgan fingerprint density at radius 2 is 1.93 bits per heavy atom. The topological polar surface area (TPSA) is 85.0 Å². The van der Waals surface area contributed by atoms with E-state index in [0.717, 1.165) is 16.7 Å². The zero-order chi connectivity index (χ0) is 21.0. The van der Waals surface area contributed by atoms with Gasteiger partial charge in [0.05, 0.1) is 29.0 Å². The van der Waals surface area contributed by atoms with E-state index in [1.807, 2.05) is 6.07 Å². The van der Waals surface area contributed by atoms with Gasteiger partial charge < -0.3 is 4.74 Å². The molecular weight excluding hydrogens is 387 g/mol. The molecule has 0 saturated heterocycles. The molecule has 0 spiro atoms. The Bertz CT molecular complexity index is 1160. The first-order valence-electron chi connectivity index (χ1n) is 8.47. The van der Waals surface area contributed by atoms with Gasteiger partial charge >= 0.3 is 12.1 Å². The van der Waals surface area contributed by atoms with Gasteiger partial charge in [0.15, 0.2) is 5.82 Å². The van der Waals surface area contributed by atoms with Gasteiger partial charge in [-0.3, -0.25) is 14.2 Å². The van der Waals surface area contributed by atoms with E-state index in [1.54, 1.807) is 24.3 Å². The largest absolute Gasteiger partial charge is 0.457 e. The van der Waals surface area contributed by atoms with Crippen LogP contribution in [0.25, 0.3) is 10.9 Å². The first-order chi connectivity index (χ1) is 13.8. The molecule has 2 aromatic carbocycles. The molecule has 0 saturated carbocycles. The summed E-state index contributed by atoms with van der Waals surface area (Å²) in [6, 6.07) is 12.8. The van der Waals surface area contributed by atoms with Gasteiger partial charge in [-0.1, -0.05) is 30.3 Å². The van der Waals surface area contributed by atoms with Crippen LogP contribution in [-0.4, -0.2) is 15.5 Å². The maximum atomic E-state index is 12.8. The van der Waals surface area contributed by atoms with Crippen LogP contribution in [0.15, 0.2) is 53.3 Å². The number of hydrogen-bond donors (Lipinski definition) is 0. The van der Waals surface area contributed by atoms with E-state index in [0.29, 0.717) is 10.9 Å². The number of halogens is 3. The highest BCUT2D eigenvalue weighted by Crippen LogP contribution is 2.29. The van der Waals surface area contributed by atoms with E-state index in [9.17, 15) is 22.8 Å². The Balaban J connectivity index is 1.78. The van der Waals surface area contributed by atoms with Gasteiger partial charge in [0.1, 0.15) is 13.2 Å². The van der Waals surface area contributed by atoms with Crippen molar-refractivity contribution in [3.8, 4) is 6.07 Å². The normalized spacial score (nSPS) is 11.2. The lowest BCUT2D eigenvalue weighted by Gasteiger charge is -2.12. The number of para-hydroxylation sites is 1. The number of benzene rings is 2. The summed E-state index contributed by atoms with van der Waals surface area (Å²) >= 11 is 0. The van der Waals surface area contributed by atoms with E-state index in [2.05, 4.69) is 4.98 Å². The van der Waals surface area contributed by atoms with E-state index < -0.39 is 23.3 Å². The van der Waals surface area contributed by atoms with Crippen LogP contribution in [-0.2, 0) is 35.3 Å². The molecular formula is C20H14F3N3O3. The third kappa shape index (κ3) is 4.60. The van der Waals surface area contributed by atoms with Crippen LogP contribution >= 0.6 is 0 Å². The molecule has 0 radical (unpaired) electrons. The number of rotatable bonds is 5. The van der Waals surface area contributed by atoms with Gasteiger partial charge in [0, 0.05) is 0 Å². The zero-order valence-corrected chi connectivity index (χ0v) is 14.9. The number of fused-ring (bicyclic) bond motifs is 1. The predicted molar refractivity (Wildman–Crippen MR) is 96.6 cm³/mol.